The second kappa shape index (κ2) is 4.34. The first kappa shape index (κ1) is 12.4. The van der Waals surface area contributed by atoms with Crippen LogP contribution in [0.1, 0.15) is 5.56 Å². The third kappa shape index (κ3) is 2.30. The second-order valence-electron chi connectivity index (χ2n) is 3.99. The molecule has 0 amide bonds. The van der Waals surface area contributed by atoms with Gasteiger partial charge in [0.2, 0.25) is 0 Å². The summed E-state index contributed by atoms with van der Waals surface area (Å²) in [6, 6.07) is 5.21. The summed E-state index contributed by atoms with van der Waals surface area (Å²) in [7, 11) is -2.00. The molecule has 2 rings (SSSR count). The van der Waals surface area contributed by atoms with Crippen LogP contribution >= 0.6 is 0 Å². The summed E-state index contributed by atoms with van der Waals surface area (Å²) in [5.74, 6) is 0. The van der Waals surface area contributed by atoms with Crippen molar-refractivity contribution in [2.45, 2.75) is 11.8 Å². The van der Waals surface area contributed by atoms with Gasteiger partial charge in [-0.15, -0.1) is 0 Å². The number of sulfonamides is 1. The molecular weight excluding hydrogens is 252 g/mol. The molecular formula is C11H14N4O2S. The molecule has 18 heavy (non-hydrogen) atoms. The van der Waals surface area contributed by atoms with Crippen LogP contribution in [0, 0.1) is 6.92 Å². The Morgan fingerprint density at radius 2 is 2.11 bits per heavy atom. The minimum Gasteiger partial charge on any atom is -0.397 e. The van der Waals surface area contributed by atoms with Crippen molar-refractivity contribution in [3.8, 4) is 0 Å². The standard InChI is InChI=1S/C11H14N4O2S/c1-8-4-3-5-10(12)11(8)14-18(16,17)9-6-13-15(2)7-9/h3-7,14H,12H2,1-2H3. The van der Waals surface area contributed by atoms with Crippen molar-refractivity contribution < 1.29 is 8.42 Å². The summed E-state index contributed by atoms with van der Waals surface area (Å²) < 4.78 is 28.1. The molecule has 0 aliphatic rings. The highest BCUT2D eigenvalue weighted by atomic mass is 32.2. The maximum Gasteiger partial charge on any atom is 0.265 e. The van der Waals surface area contributed by atoms with Crippen molar-refractivity contribution in [3.05, 3.63) is 36.2 Å². The molecule has 1 aromatic heterocycles. The van der Waals surface area contributed by atoms with Gasteiger partial charge in [-0.25, -0.2) is 8.42 Å². The average molecular weight is 266 g/mol. The van der Waals surface area contributed by atoms with E-state index in [1.54, 1.807) is 32.2 Å². The Morgan fingerprint density at radius 1 is 1.39 bits per heavy atom. The average Bonchev–Trinajstić information content (AvgIpc) is 2.71. The molecule has 3 N–H and O–H groups in total. The van der Waals surface area contributed by atoms with Gasteiger partial charge in [-0.1, -0.05) is 12.1 Å². The van der Waals surface area contributed by atoms with Crippen molar-refractivity contribution in [1.29, 1.82) is 0 Å². The molecule has 0 spiro atoms. The van der Waals surface area contributed by atoms with E-state index in [0.717, 1.165) is 5.56 Å². The van der Waals surface area contributed by atoms with Crippen LogP contribution < -0.4 is 10.5 Å². The van der Waals surface area contributed by atoms with E-state index in [2.05, 4.69) is 9.82 Å². The number of nitrogen functional groups attached to an aromatic ring is 1. The number of aryl methyl sites for hydroxylation is 2. The van der Waals surface area contributed by atoms with Gasteiger partial charge in [-0.05, 0) is 18.6 Å². The molecule has 0 bridgehead atoms. The first-order chi connectivity index (χ1) is 8.40. The molecule has 96 valence electrons. The molecule has 0 unspecified atom stereocenters. The Balaban J connectivity index is 2.40. The Kier molecular flexibility index (Phi) is 3.00. The number of anilines is 2. The number of para-hydroxylation sites is 1. The van der Waals surface area contributed by atoms with Crippen molar-refractivity contribution in [3.63, 3.8) is 0 Å². The zero-order chi connectivity index (χ0) is 13.3. The lowest BCUT2D eigenvalue weighted by molar-refractivity contribution is 0.601. The number of hydrogen-bond acceptors (Lipinski definition) is 4. The van der Waals surface area contributed by atoms with Gasteiger partial charge in [0, 0.05) is 13.2 Å². The molecule has 1 heterocycles. The number of nitrogens with zero attached hydrogens (tertiary/aromatic N) is 2. The summed E-state index contributed by atoms with van der Waals surface area (Å²) in [6.45, 7) is 1.79. The first-order valence-electron chi connectivity index (χ1n) is 5.27. The number of benzene rings is 1. The molecule has 0 radical (unpaired) electrons. The molecule has 2 aromatic rings. The monoisotopic (exact) mass is 266 g/mol. The maximum atomic E-state index is 12.1. The molecule has 0 fully saturated rings. The van der Waals surface area contributed by atoms with E-state index < -0.39 is 10.0 Å². The molecule has 1 aromatic carbocycles. The van der Waals surface area contributed by atoms with Crippen LogP contribution in [-0.2, 0) is 17.1 Å². The van der Waals surface area contributed by atoms with Crippen molar-refractivity contribution >= 4 is 21.4 Å². The van der Waals surface area contributed by atoms with Gasteiger partial charge in [0.25, 0.3) is 10.0 Å². The minimum atomic E-state index is -3.65. The van der Waals surface area contributed by atoms with Gasteiger partial charge >= 0.3 is 0 Å². The van der Waals surface area contributed by atoms with E-state index in [-0.39, 0.29) is 4.90 Å². The number of rotatable bonds is 3. The summed E-state index contributed by atoms with van der Waals surface area (Å²) >= 11 is 0. The highest BCUT2D eigenvalue weighted by Crippen LogP contribution is 2.25. The predicted molar refractivity (Wildman–Crippen MR) is 69.6 cm³/mol. The smallest absolute Gasteiger partial charge is 0.265 e. The van der Waals surface area contributed by atoms with Crippen LogP contribution in [0.3, 0.4) is 0 Å². The van der Waals surface area contributed by atoms with Gasteiger partial charge in [0.05, 0.1) is 17.6 Å². The number of aromatic nitrogens is 2. The van der Waals surface area contributed by atoms with Crippen LogP contribution in [0.15, 0.2) is 35.5 Å². The Morgan fingerprint density at radius 3 is 2.67 bits per heavy atom. The topological polar surface area (TPSA) is 90.0 Å². The highest BCUT2D eigenvalue weighted by molar-refractivity contribution is 7.92. The first-order valence-corrected chi connectivity index (χ1v) is 6.75. The van der Waals surface area contributed by atoms with Gasteiger partial charge in [-0.3, -0.25) is 9.40 Å². The third-order valence-electron chi connectivity index (χ3n) is 2.53. The van der Waals surface area contributed by atoms with Crippen LogP contribution in [0.2, 0.25) is 0 Å². The van der Waals surface area contributed by atoms with E-state index in [9.17, 15) is 8.42 Å². The number of hydrogen-bond donors (Lipinski definition) is 2. The minimum absolute atomic E-state index is 0.104. The van der Waals surface area contributed by atoms with E-state index >= 15 is 0 Å². The van der Waals surface area contributed by atoms with Crippen LogP contribution in [-0.4, -0.2) is 18.2 Å². The Bertz CT molecular complexity index is 656. The normalized spacial score (nSPS) is 11.4. The van der Waals surface area contributed by atoms with E-state index in [4.69, 9.17) is 5.73 Å². The molecule has 7 heteroatoms. The summed E-state index contributed by atoms with van der Waals surface area (Å²) in [5.41, 5.74) is 7.33. The third-order valence-corrected chi connectivity index (χ3v) is 3.84. The molecule has 0 saturated carbocycles. The van der Waals surface area contributed by atoms with Gasteiger partial charge < -0.3 is 5.73 Å². The fourth-order valence-electron chi connectivity index (χ4n) is 1.56. The predicted octanol–water partition coefficient (Wildman–Crippen LogP) is 1.11. The molecule has 0 atom stereocenters. The Hall–Kier alpha value is -2.02. The Labute approximate surface area is 105 Å². The largest absolute Gasteiger partial charge is 0.397 e. The SMILES string of the molecule is Cc1cccc(N)c1NS(=O)(=O)c1cnn(C)c1. The zero-order valence-electron chi connectivity index (χ0n) is 10.1. The molecule has 6 nitrogen and oxygen atoms in total. The summed E-state index contributed by atoms with van der Waals surface area (Å²) in [5, 5.41) is 3.84. The van der Waals surface area contributed by atoms with Gasteiger partial charge in [-0.2, -0.15) is 5.10 Å². The lowest BCUT2D eigenvalue weighted by atomic mass is 10.2. The number of nitrogens with one attached hydrogen (secondary N) is 1. The van der Waals surface area contributed by atoms with Crippen molar-refractivity contribution in [2.75, 3.05) is 10.5 Å². The maximum absolute atomic E-state index is 12.1. The van der Waals surface area contributed by atoms with Crippen LogP contribution in [0.25, 0.3) is 0 Å². The summed E-state index contributed by atoms with van der Waals surface area (Å²) in [4.78, 5) is 0.104. The molecule has 0 saturated heterocycles. The number of nitrogens with two attached hydrogens (primary N) is 1. The fourth-order valence-corrected chi connectivity index (χ4v) is 2.70. The zero-order valence-corrected chi connectivity index (χ0v) is 10.9. The second-order valence-corrected chi connectivity index (χ2v) is 5.68. The quantitative estimate of drug-likeness (QED) is 0.814. The summed E-state index contributed by atoms with van der Waals surface area (Å²) in [6.07, 6.45) is 2.72. The van der Waals surface area contributed by atoms with E-state index in [1.165, 1.54) is 17.1 Å². The molecule has 0 aliphatic heterocycles. The van der Waals surface area contributed by atoms with Gasteiger partial charge in [0.15, 0.2) is 0 Å². The van der Waals surface area contributed by atoms with Crippen molar-refractivity contribution in [1.82, 2.24) is 9.78 Å². The fraction of sp³-hybridized carbons (Fsp3) is 0.182. The van der Waals surface area contributed by atoms with Crippen molar-refractivity contribution in [2.24, 2.45) is 7.05 Å². The van der Waals surface area contributed by atoms with E-state index in [0.29, 0.717) is 11.4 Å². The van der Waals surface area contributed by atoms with Crippen LogP contribution in [0.5, 0.6) is 0 Å². The van der Waals surface area contributed by atoms with Crippen LogP contribution in [0.4, 0.5) is 11.4 Å². The van der Waals surface area contributed by atoms with E-state index in [1.807, 2.05) is 0 Å². The lowest BCUT2D eigenvalue weighted by Crippen LogP contribution is -2.14. The van der Waals surface area contributed by atoms with Gasteiger partial charge in [0.1, 0.15) is 4.90 Å². The highest BCUT2D eigenvalue weighted by Gasteiger charge is 2.18. The lowest BCUT2D eigenvalue weighted by Gasteiger charge is -2.11. The molecule has 0 aliphatic carbocycles.